The van der Waals surface area contributed by atoms with Gasteiger partial charge in [0.2, 0.25) is 5.91 Å². The van der Waals surface area contributed by atoms with Gasteiger partial charge < -0.3 is 10.2 Å². The third-order valence-corrected chi connectivity index (χ3v) is 6.55. The Morgan fingerprint density at radius 2 is 1.71 bits per heavy atom. The fraction of sp³-hybridized carbons (Fsp3) is 0.320. The summed E-state index contributed by atoms with van der Waals surface area (Å²) < 4.78 is 0. The molecule has 4 rings (SSSR count). The Kier molecular flexibility index (Phi) is 6.87. The molecule has 6 heteroatoms. The summed E-state index contributed by atoms with van der Waals surface area (Å²) in [6.07, 6.45) is 5.33. The summed E-state index contributed by atoms with van der Waals surface area (Å²) in [5.74, 6) is 0.935. The summed E-state index contributed by atoms with van der Waals surface area (Å²) in [4.78, 5) is 25.4. The number of hydrogen-bond donors (Lipinski definition) is 1. The van der Waals surface area contributed by atoms with Crippen molar-refractivity contribution in [3.05, 3.63) is 77.6 Å². The third kappa shape index (κ3) is 5.64. The molecular weight excluding hydrogens is 404 g/mol. The molecule has 2 aromatic carbocycles. The number of hydrogen-bond acceptors (Lipinski definition) is 5. The highest BCUT2D eigenvalue weighted by Gasteiger charge is 2.28. The zero-order valence-corrected chi connectivity index (χ0v) is 18.9. The van der Waals surface area contributed by atoms with Crippen LogP contribution in [0.3, 0.4) is 0 Å². The predicted octanol–water partition coefficient (Wildman–Crippen LogP) is 4.78. The minimum atomic E-state index is -0.0431. The fourth-order valence-electron chi connectivity index (χ4n) is 3.75. The van der Waals surface area contributed by atoms with Crippen molar-refractivity contribution < 1.29 is 4.79 Å². The van der Waals surface area contributed by atoms with E-state index in [-0.39, 0.29) is 11.8 Å². The lowest BCUT2D eigenvalue weighted by molar-refractivity contribution is -0.125. The molecule has 0 radical (unpaired) electrons. The quantitative estimate of drug-likeness (QED) is 0.608. The summed E-state index contributed by atoms with van der Waals surface area (Å²) in [6.45, 7) is 6.27. The predicted molar refractivity (Wildman–Crippen MR) is 125 cm³/mol. The number of benzene rings is 2. The lowest BCUT2D eigenvalue weighted by Crippen LogP contribution is -2.43. The molecule has 0 unspecified atom stereocenters. The molecule has 1 aliphatic heterocycles. The molecular formula is C25H28N4OS. The van der Waals surface area contributed by atoms with Crippen molar-refractivity contribution in [2.24, 2.45) is 5.92 Å². The molecule has 0 bridgehead atoms. The van der Waals surface area contributed by atoms with E-state index in [0.717, 1.165) is 40.7 Å². The molecule has 1 fully saturated rings. The van der Waals surface area contributed by atoms with E-state index in [1.165, 1.54) is 11.1 Å². The molecule has 1 amide bonds. The van der Waals surface area contributed by atoms with E-state index >= 15 is 0 Å². The first-order chi connectivity index (χ1) is 15.1. The van der Waals surface area contributed by atoms with E-state index in [4.69, 9.17) is 0 Å². The average molecular weight is 433 g/mol. The van der Waals surface area contributed by atoms with Crippen LogP contribution in [-0.4, -0.2) is 29.0 Å². The lowest BCUT2D eigenvalue weighted by atomic mass is 9.97. The van der Waals surface area contributed by atoms with Gasteiger partial charge in [0.25, 0.3) is 0 Å². The van der Waals surface area contributed by atoms with E-state index in [1.807, 2.05) is 0 Å². The van der Waals surface area contributed by atoms with Gasteiger partial charge in [0, 0.05) is 36.9 Å². The van der Waals surface area contributed by atoms with Crippen LogP contribution in [-0.2, 0) is 11.3 Å². The maximum Gasteiger partial charge on any atom is 0.225 e. The molecule has 5 nitrogen and oxygen atoms in total. The topological polar surface area (TPSA) is 58.1 Å². The monoisotopic (exact) mass is 432 g/mol. The Balaban J connectivity index is 1.41. The largest absolute Gasteiger partial charge is 0.354 e. The Bertz CT molecular complexity index is 1020. The molecule has 0 saturated carbocycles. The van der Waals surface area contributed by atoms with E-state index in [0.29, 0.717) is 13.1 Å². The molecule has 160 valence electrons. The van der Waals surface area contributed by atoms with Crippen LogP contribution in [0, 0.1) is 19.8 Å². The van der Waals surface area contributed by atoms with Crippen molar-refractivity contribution in [2.75, 3.05) is 18.0 Å². The van der Waals surface area contributed by atoms with Crippen LogP contribution in [0.2, 0.25) is 0 Å². The SMILES string of the molecule is Cc1ccc(CNC(=O)[C@H]2CCCN(c3nccnc3Sc3ccc(C)cc3)C2)cc1. The highest BCUT2D eigenvalue weighted by atomic mass is 32.2. The normalized spacial score (nSPS) is 16.2. The van der Waals surface area contributed by atoms with Gasteiger partial charge in [-0.15, -0.1) is 0 Å². The van der Waals surface area contributed by atoms with Gasteiger partial charge in [0.05, 0.1) is 5.92 Å². The minimum Gasteiger partial charge on any atom is -0.354 e. The van der Waals surface area contributed by atoms with Gasteiger partial charge in [-0.25, -0.2) is 9.97 Å². The molecule has 3 aromatic rings. The molecule has 1 atom stereocenters. The minimum absolute atomic E-state index is 0.0431. The van der Waals surface area contributed by atoms with Gasteiger partial charge in [-0.1, -0.05) is 59.3 Å². The summed E-state index contributed by atoms with van der Waals surface area (Å²) >= 11 is 1.62. The van der Waals surface area contributed by atoms with Gasteiger partial charge in [0.15, 0.2) is 5.82 Å². The molecule has 1 aromatic heterocycles. The molecule has 0 spiro atoms. The van der Waals surface area contributed by atoms with Crippen molar-refractivity contribution in [3.8, 4) is 0 Å². The van der Waals surface area contributed by atoms with E-state index < -0.39 is 0 Å². The average Bonchev–Trinajstić information content (AvgIpc) is 2.80. The summed E-state index contributed by atoms with van der Waals surface area (Å²) in [6, 6.07) is 16.7. The molecule has 0 aliphatic carbocycles. The second kappa shape index (κ2) is 9.96. The molecule has 2 heterocycles. The standard InChI is InChI=1S/C25H28N4OS/c1-18-5-9-20(10-6-18)16-28-24(30)21-4-3-15-29(17-21)23-25(27-14-13-26-23)31-22-11-7-19(2)8-12-22/h5-14,21H,3-4,15-17H2,1-2H3,(H,28,30)/t21-/m0/s1. The van der Waals surface area contributed by atoms with E-state index in [9.17, 15) is 4.79 Å². The van der Waals surface area contributed by atoms with Gasteiger partial charge in [-0.05, 0) is 44.4 Å². The van der Waals surface area contributed by atoms with Crippen LogP contribution in [0.1, 0.15) is 29.5 Å². The van der Waals surface area contributed by atoms with E-state index in [1.54, 1.807) is 24.2 Å². The maximum absolute atomic E-state index is 12.8. The van der Waals surface area contributed by atoms with Crippen LogP contribution in [0.25, 0.3) is 0 Å². The summed E-state index contributed by atoms with van der Waals surface area (Å²) in [5.41, 5.74) is 3.58. The Morgan fingerprint density at radius 3 is 2.45 bits per heavy atom. The van der Waals surface area contributed by atoms with Crippen molar-refractivity contribution in [1.29, 1.82) is 0 Å². The number of nitrogens with one attached hydrogen (secondary N) is 1. The number of rotatable bonds is 6. The van der Waals surface area contributed by atoms with Gasteiger partial charge >= 0.3 is 0 Å². The lowest BCUT2D eigenvalue weighted by Gasteiger charge is -2.33. The van der Waals surface area contributed by atoms with Gasteiger partial charge in [-0.2, -0.15) is 0 Å². The number of carbonyl (C=O) groups excluding carboxylic acids is 1. The Hall–Kier alpha value is -2.86. The highest BCUT2D eigenvalue weighted by molar-refractivity contribution is 7.99. The number of anilines is 1. The van der Waals surface area contributed by atoms with Gasteiger partial charge in [-0.3, -0.25) is 4.79 Å². The number of aromatic nitrogens is 2. The van der Waals surface area contributed by atoms with Crippen molar-refractivity contribution in [3.63, 3.8) is 0 Å². The smallest absolute Gasteiger partial charge is 0.225 e. The summed E-state index contributed by atoms with van der Waals surface area (Å²) in [7, 11) is 0. The number of piperidine rings is 1. The zero-order valence-electron chi connectivity index (χ0n) is 18.0. The number of amides is 1. The van der Waals surface area contributed by atoms with Crippen LogP contribution in [0.15, 0.2) is 70.8 Å². The first kappa shape index (κ1) is 21.4. The number of aryl methyl sites for hydroxylation is 2. The summed E-state index contributed by atoms with van der Waals surface area (Å²) in [5, 5.41) is 3.99. The first-order valence-corrected chi connectivity index (χ1v) is 11.5. The fourth-order valence-corrected chi connectivity index (χ4v) is 4.63. The molecule has 1 N–H and O–H groups in total. The molecule has 1 saturated heterocycles. The molecule has 31 heavy (non-hydrogen) atoms. The number of nitrogens with zero attached hydrogens (tertiary/aromatic N) is 3. The first-order valence-electron chi connectivity index (χ1n) is 10.7. The second-order valence-corrected chi connectivity index (χ2v) is 9.15. The molecule has 1 aliphatic rings. The Labute approximate surface area is 188 Å². The highest BCUT2D eigenvalue weighted by Crippen LogP contribution is 2.34. The Morgan fingerprint density at radius 1 is 1.03 bits per heavy atom. The van der Waals surface area contributed by atoms with Crippen molar-refractivity contribution in [2.45, 2.75) is 43.2 Å². The maximum atomic E-state index is 12.8. The van der Waals surface area contributed by atoms with Crippen molar-refractivity contribution in [1.82, 2.24) is 15.3 Å². The third-order valence-electron chi connectivity index (χ3n) is 5.56. The van der Waals surface area contributed by atoms with Crippen LogP contribution in [0.4, 0.5) is 5.82 Å². The number of carbonyl (C=O) groups is 1. The van der Waals surface area contributed by atoms with E-state index in [2.05, 4.69) is 82.6 Å². The second-order valence-electron chi connectivity index (χ2n) is 8.09. The van der Waals surface area contributed by atoms with Crippen molar-refractivity contribution >= 4 is 23.5 Å². The van der Waals surface area contributed by atoms with Gasteiger partial charge in [0.1, 0.15) is 5.03 Å². The van der Waals surface area contributed by atoms with Crippen LogP contribution in [0.5, 0.6) is 0 Å². The van der Waals surface area contributed by atoms with Crippen LogP contribution >= 0.6 is 11.8 Å². The zero-order chi connectivity index (χ0) is 21.6. The van der Waals surface area contributed by atoms with Crippen LogP contribution < -0.4 is 10.2 Å².